The molecule has 2 rings (SSSR count). The molecule has 1 unspecified atom stereocenters. The van der Waals surface area contributed by atoms with Crippen molar-refractivity contribution in [3.05, 3.63) is 30.3 Å². The molecule has 0 aromatic heterocycles. The van der Waals surface area contributed by atoms with E-state index in [-0.39, 0.29) is 0 Å². The van der Waals surface area contributed by atoms with Crippen molar-refractivity contribution in [2.24, 2.45) is 17.8 Å². The zero-order valence-corrected chi connectivity index (χ0v) is 14.5. The summed E-state index contributed by atoms with van der Waals surface area (Å²) in [5.74, 6) is 2.15. The Morgan fingerprint density at radius 2 is 1.84 bits per heavy atom. The van der Waals surface area contributed by atoms with Crippen molar-refractivity contribution >= 4 is 33.7 Å². The zero-order valence-electron chi connectivity index (χ0n) is 12.1. The van der Waals surface area contributed by atoms with Crippen molar-refractivity contribution in [2.45, 2.75) is 45.7 Å². The number of hydrogen-bond acceptors (Lipinski definition) is 1. The van der Waals surface area contributed by atoms with Gasteiger partial charge in [-0.05, 0) is 35.9 Å². The lowest BCUT2D eigenvalue weighted by Crippen LogP contribution is -2.33. The molecule has 1 fully saturated rings. The van der Waals surface area contributed by atoms with Crippen LogP contribution in [0.5, 0.6) is 0 Å². The first-order chi connectivity index (χ1) is 8.93. The van der Waals surface area contributed by atoms with Crippen LogP contribution in [0.15, 0.2) is 30.3 Å². The summed E-state index contributed by atoms with van der Waals surface area (Å²) < 4.78 is 0. The smallest absolute Gasteiger partial charge is 0.0690 e. The van der Waals surface area contributed by atoms with E-state index in [1.807, 2.05) is 6.07 Å². The van der Waals surface area contributed by atoms with Gasteiger partial charge in [-0.1, -0.05) is 80.6 Å². The molecule has 0 heterocycles. The van der Waals surface area contributed by atoms with E-state index in [1.165, 1.54) is 24.6 Å². The minimum absolute atomic E-state index is 0.510. The Bertz CT molecular complexity index is 457. The Morgan fingerprint density at radius 1 is 1.21 bits per heavy atom. The van der Waals surface area contributed by atoms with Crippen molar-refractivity contribution in [3.8, 4) is 0 Å². The predicted octanol–water partition coefficient (Wildman–Crippen LogP) is 5.41. The van der Waals surface area contributed by atoms with E-state index in [9.17, 15) is 0 Å². The molecule has 1 aromatic carbocycles. The molecular weight excluding hydrogens is 291 g/mol. The number of rotatable bonds is 3. The van der Waals surface area contributed by atoms with Crippen LogP contribution in [-0.4, -0.2) is 5.66 Å². The second-order valence-corrected chi connectivity index (χ2v) is 12.6. The van der Waals surface area contributed by atoms with Crippen molar-refractivity contribution in [2.75, 3.05) is 0 Å². The van der Waals surface area contributed by atoms with Crippen LogP contribution in [-0.2, 0) is 11.8 Å². The molecule has 0 amide bonds. The fourth-order valence-corrected chi connectivity index (χ4v) is 8.04. The molecule has 1 aliphatic rings. The molecule has 0 saturated heterocycles. The molecule has 1 aromatic rings. The van der Waals surface area contributed by atoms with Crippen LogP contribution in [0.25, 0.3) is 0 Å². The third kappa shape index (κ3) is 3.43. The Morgan fingerprint density at radius 3 is 2.42 bits per heavy atom. The fourth-order valence-electron chi connectivity index (χ4n) is 3.36. The molecule has 1 aliphatic carbocycles. The summed E-state index contributed by atoms with van der Waals surface area (Å²) in [7, 11) is 0. The van der Waals surface area contributed by atoms with Crippen LogP contribution in [0.3, 0.4) is 0 Å². The van der Waals surface area contributed by atoms with Gasteiger partial charge in [0, 0.05) is 5.66 Å². The Hall–Kier alpha value is 0.160. The summed E-state index contributed by atoms with van der Waals surface area (Å²) in [4.78, 5) is 0. The van der Waals surface area contributed by atoms with Crippen molar-refractivity contribution in [3.63, 3.8) is 0 Å². The lowest BCUT2D eigenvalue weighted by atomic mass is 9.77. The van der Waals surface area contributed by atoms with Gasteiger partial charge in [-0.25, -0.2) is 0 Å². The van der Waals surface area contributed by atoms with Gasteiger partial charge in [0.05, 0.1) is 5.39 Å². The normalized spacial score (nSPS) is 31.1. The molecule has 0 aliphatic heterocycles. The summed E-state index contributed by atoms with van der Waals surface area (Å²) in [6, 6.07) is 10.4. The maximum Gasteiger partial charge on any atom is 0.0690 e. The van der Waals surface area contributed by atoms with Gasteiger partial charge >= 0.3 is 0 Å². The van der Waals surface area contributed by atoms with Gasteiger partial charge in [0.25, 0.3) is 0 Å². The largest absolute Gasteiger partial charge is 0.0803 e. The summed E-state index contributed by atoms with van der Waals surface area (Å²) >= 11 is 12.9. The van der Waals surface area contributed by atoms with E-state index in [0.717, 1.165) is 5.92 Å². The maximum atomic E-state index is 6.97. The highest BCUT2D eigenvalue weighted by Crippen LogP contribution is 2.62. The van der Waals surface area contributed by atoms with Gasteiger partial charge in [0.15, 0.2) is 0 Å². The highest BCUT2D eigenvalue weighted by atomic mass is 35.7. The lowest BCUT2D eigenvalue weighted by molar-refractivity contribution is 0.242. The fraction of sp³-hybridized carbons (Fsp3) is 0.625. The molecular formula is C16H24ClPS. The van der Waals surface area contributed by atoms with Gasteiger partial charge in [-0.2, -0.15) is 0 Å². The molecule has 0 radical (unpaired) electrons. The molecule has 0 bridgehead atoms. The number of benzene rings is 1. The van der Waals surface area contributed by atoms with Crippen molar-refractivity contribution < 1.29 is 0 Å². The van der Waals surface area contributed by atoms with Crippen molar-refractivity contribution in [1.29, 1.82) is 0 Å². The first-order valence-corrected chi connectivity index (χ1v) is 11.1. The first-order valence-electron chi connectivity index (χ1n) is 7.28. The van der Waals surface area contributed by atoms with Crippen LogP contribution in [0.1, 0.15) is 40.0 Å². The van der Waals surface area contributed by atoms with Crippen LogP contribution in [0.4, 0.5) is 0 Å². The summed E-state index contributed by atoms with van der Waals surface area (Å²) in [5.41, 5.74) is 0.510. The minimum atomic E-state index is -1.96. The molecule has 0 spiro atoms. The average Bonchev–Trinajstić information content (AvgIpc) is 2.39. The molecule has 0 nitrogen and oxygen atoms in total. The lowest BCUT2D eigenvalue weighted by Gasteiger charge is -2.41. The van der Waals surface area contributed by atoms with Gasteiger partial charge in [0.2, 0.25) is 0 Å². The number of halogens is 1. The predicted molar refractivity (Wildman–Crippen MR) is 91.3 cm³/mol. The average molecular weight is 315 g/mol. The van der Waals surface area contributed by atoms with E-state index in [4.69, 9.17) is 23.0 Å². The molecule has 1 saturated carbocycles. The SMILES string of the molecule is CC(C)[C@@H]1CC[C@@H](C)C[C@H]1P(=S)(Cl)c1ccccc1. The van der Waals surface area contributed by atoms with Crippen molar-refractivity contribution in [1.82, 2.24) is 0 Å². The Labute approximate surface area is 127 Å². The molecule has 106 valence electrons. The Balaban J connectivity index is 2.33. The standard InChI is InChI=1S/C16H24ClPS/c1-12(2)15-10-9-13(3)11-16(15)18(17,19)14-7-5-4-6-8-14/h4-8,12-13,15-16H,9-11H2,1-3H3/t13-,15+,16-,18?/m1/s1. The molecule has 19 heavy (non-hydrogen) atoms. The zero-order chi connectivity index (χ0) is 14.0. The third-order valence-electron chi connectivity index (χ3n) is 4.52. The van der Waals surface area contributed by atoms with Gasteiger partial charge < -0.3 is 0 Å². The van der Waals surface area contributed by atoms with Gasteiger partial charge in [0.1, 0.15) is 0 Å². The number of hydrogen-bond donors (Lipinski definition) is 0. The minimum Gasteiger partial charge on any atom is -0.0803 e. The topological polar surface area (TPSA) is 0 Å². The van der Waals surface area contributed by atoms with Crippen LogP contribution >= 0.6 is 16.6 Å². The molecule has 4 atom stereocenters. The van der Waals surface area contributed by atoms with E-state index < -0.39 is 5.39 Å². The second-order valence-electron chi connectivity index (χ2n) is 6.31. The van der Waals surface area contributed by atoms with E-state index in [1.54, 1.807) is 0 Å². The molecule has 0 N–H and O–H groups in total. The van der Waals surface area contributed by atoms with Crippen LogP contribution in [0.2, 0.25) is 0 Å². The highest BCUT2D eigenvalue weighted by molar-refractivity contribution is 8.31. The second kappa shape index (κ2) is 6.29. The highest BCUT2D eigenvalue weighted by Gasteiger charge is 2.39. The monoisotopic (exact) mass is 314 g/mol. The van der Waals surface area contributed by atoms with Gasteiger partial charge in [-0.3, -0.25) is 0 Å². The molecule has 3 heteroatoms. The van der Waals surface area contributed by atoms with Crippen LogP contribution in [0, 0.1) is 17.8 Å². The first kappa shape index (κ1) is 15.5. The third-order valence-corrected chi connectivity index (χ3v) is 9.75. The summed E-state index contributed by atoms with van der Waals surface area (Å²) in [5, 5.41) is -0.757. The van der Waals surface area contributed by atoms with Crippen LogP contribution < -0.4 is 5.30 Å². The van der Waals surface area contributed by atoms with Gasteiger partial charge in [-0.15, -0.1) is 0 Å². The van der Waals surface area contributed by atoms with E-state index in [2.05, 4.69) is 45.0 Å². The van der Waals surface area contributed by atoms with E-state index in [0.29, 0.717) is 17.5 Å². The van der Waals surface area contributed by atoms with E-state index >= 15 is 0 Å². The summed E-state index contributed by atoms with van der Waals surface area (Å²) in [6.07, 6.45) is 3.83. The Kier molecular flexibility index (Phi) is 5.15. The maximum absolute atomic E-state index is 6.97. The quantitative estimate of drug-likeness (QED) is 0.673. The summed E-state index contributed by atoms with van der Waals surface area (Å²) in [6.45, 7) is 7.00.